The summed E-state index contributed by atoms with van der Waals surface area (Å²) in [5.41, 5.74) is 1.27. The van der Waals surface area contributed by atoms with E-state index < -0.39 is 0 Å². The van der Waals surface area contributed by atoms with Gasteiger partial charge in [-0.15, -0.1) is 10.2 Å². The Kier molecular flexibility index (Phi) is 5.80. The van der Waals surface area contributed by atoms with Crippen LogP contribution in [-0.4, -0.2) is 26.4 Å². The number of nitrogens with one attached hydrogen (secondary N) is 1. The second-order valence-electron chi connectivity index (χ2n) is 5.37. The van der Waals surface area contributed by atoms with Crippen LogP contribution in [-0.2, 0) is 11.8 Å². The van der Waals surface area contributed by atoms with Gasteiger partial charge in [0, 0.05) is 28.3 Å². The van der Waals surface area contributed by atoms with Crippen LogP contribution in [0.15, 0.2) is 47.6 Å². The third kappa shape index (κ3) is 4.55. The van der Waals surface area contributed by atoms with Gasteiger partial charge in [0.2, 0.25) is 5.91 Å². The molecule has 26 heavy (non-hydrogen) atoms. The Bertz CT molecular complexity index is 926. The number of anilines is 1. The van der Waals surface area contributed by atoms with Gasteiger partial charge in [0.15, 0.2) is 11.0 Å². The summed E-state index contributed by atoms with van der Waals surface area (Å²) < 4.78 is 14.8. The van der Waals surface area contributed by atoms with E-state index in [1.165, 1.54) is 23.9 Å². The second-order valence-corrected chi connectivity index (χ2v) is 7.18. The summed E-state index contributed by atoms with van der Waals surface area (Å²) in [5, 5.41) is 12.4. The lowest BCUT2D eigenvalue weighted by Gasteiger charge is -2.06. The fraction of sp³-hybridized carbons (Fsp3) is 0.118. The van der Waals surface area contributed by atoms with Crippen LogP contribution in [0.1, 0.15) is 0 Å². The molecule has 0 bridgehead atoms. The van der Waals surface area contributed by atoms with E-state index in [9.17, 15) is 9.18 Å². The molecule has 0 atom stereocenters. The molecule has 0 aliphatic carbocycles. The average molecular weight is 411 g/mol. The summed E-state index contributed by atoms with van der Waals surface area (Å²) in [6, 6.07) is 10.8. The summed E-state index contributed by atoms with van der Waals surface area (Å²) in [7, 11) is 1.79. The summed E-state index contributed by atoms with van der Waals surface area (Å²) in [4.78, 5) is 12.1. The number of amides is 1. The average Bonchev–Trinajstić information content (AvgIpc) is 2.93. The maximum absolute atomic E-state index is 13.0. The quantitative estimate of drug-likeness (QED) is 0.621. The number of rotatable bonds is 5. The lowest BCUT2D eigenvalue weighted by atomic mass is 10.2. The van der Waals surface area contributed by atoms with Crippen molar-refractivity contribution in [3.8, 4) is 11.4 Å². The molecule has 1 aromatic heterocycles. The van der Waals surface area contributed by atoms with E-state index >= 15 is 0 Å². The van der Waals surface area contributed by atoms with Gasteiger partial charge >= 0.3 is 0 Å². The highest BCUT2D eigenvalue weighted by Gasteiger charge is 2.13. The van der Waals surface area contributed by atoms with E-state index in [1.54, 1.807) is 41.9 Å². The van der Waals surface area contributed by atoms with Crippen LogP contribution < -0.4 is 5.32 Å². The Balaban J connectivity index is 1.64. The van der Waals surface area contributed by atoms with Crippen molar-refractivity contribution in [3.63, 3.8) is 0 Å². The Hall–Kier alpha value is -2.09. The number of halogens is 3. The zero-order valence-electron chi connectivity index (χ0n) is 13.5. The van der Waals surface area contributed by atoms with E-state index in [0.717, 1.165) is 5.56 Å². The van der Waals surface area contributed by atoms with Gasteiger partial charge in [0.1, 0.15) is 5.82 Å². The lowest BCUT2D eigenvalue weighted by molar-refractivity contribution is -0.113. The number of nitrogens with zero attached hydrogens (tertiary/aromatic N) is 3. The van der Waals surface area contributed by atoms with Crippen molar-refractivity contribution in [2.24, 2.45) is 7.05 Å². The van der Waals surface area contributed by atoms with Crippen LogP contribution in [0.2, 0.25) is 10.0 Å². The van der Waals surface area contributed by atoms with E-state index in [0.29, 0.717) is 26.7 Å². The lowest BCUT2D eigenvalue weighted by Crippen LogP contribution is -2.14. The summed E-state index contributed by atoms with van der Waals surface area (Å²) >= 11 is 13.1. The zero-order valence-corrected chi connectivity index (χ0v) is 15.9. The minimum Gasteiger partial charge on any atom is -0.325 e. The van der Waals surface area contributed by atoms with Crippen LogP contribution in [0, 0.1) is 5.82 Å². The molecule has 0 saturated heterocycles. The standard InChI is InChI=1S/C17H13Cl2FN4OS/c1-24-16(10-2-4-13(20)5-3-10)22-23-17(24)26-9-15(25)21-14-7-11(18)6-12(19)8-14/h2-8H,9H2,1H3,(H,21,25). The smallest absolute Gasteiger partial charge is 0.234 e. The predicted molar refractivity (Wildman–Crippen MR) is 102 cm³/mol. The van der Waals surface area contributed by atoms with Crippen LogP contribution >= 0.6 is 35.0 Å². The number of carbonyl (C=O) groups is 1. The highest BCUT2D eigenvalue weighted by molar-refractivity contribution is 7.99. The molecular weight excluding hydrogens is 398 g/mol. The number of hydrogen-bond donors (Lipinski definition) is 1. The fourth-order valence-electron chi connectivity index (χ4n) is 2.24. The molecule has 0 saturated carbocycles. The monoisotopic (exact) mass is 410 g/mol. The van der Waals surface area contributed by atoms with Gasteiger partial charge in [0.25, 0.3) is 0 Å². The molecule has 9 heteroatoms. The molecule has 1 amide bonds. The van der Waals surface area contributed by atoms with Gasteiger partial charge < -0.3 is 9.88 Å². The van der Waals surface area contributed by atoms with Gasteiger partial charge in [0.05, 0.1) is 5.75 Å². The Morgan fingerprint density at radius 3 is 2.46 bits per heavy atom. The number of carbonyl (C=O) groups excluding carboxylic acids is 1. The first-order chi connectivity index (χ1) is 12.4. The van der Waals surface area contributed by atoms with E-state index in [4.69, 9.17) is 23.2 Å². The zero-order chi connectivity index (χ0) is 18.7. The van der Waals surface area contributed by atoms with Crippen molar-refractivity contribution in [3.05, 3.63) is 58.3 Å². The third-order valence-corrected chi connectivity index (χ3v) is 4.87. The topological polar surface area (TPSA) is 59.8 Å². The van der Waals surface area contributed by atoms with Gasteiger partial charge in [-0.05, 0) is 42.5 Å². The van der Waals surface area contributed by atoms with E-state index in [1.807, 2.05) is 0 Å². The highest BCUT2D eigenvalue weighted by atomic mass is 35.5. The molecule has 0 fully saturated rings. The Labute approximate surface area is 163 Å². The highest BCUT2D eigenvalue weighted by Crippen LogP contribution is 2.24. The van der Waals surface area contributed by atoms with Crippen LogP contribution in [0.5, 0.6) is 0 Å². The van der Waals surface area contributed by atoms with Gasteiger partial charge in [-0.3, -0.25) is 4.79 Å². The largest absolute Gasteiger partial charge is 0.325 e. The summed E-state index contributed by atoms with van der Waals surface area (Å²) in [6.07, 6.45) is 0. The molecule has 0 radical (unpaired) electrons. The van der Waals surface area contributed by atoms with Gasteiger partial charge in [-0.2, -0.15) is 0 Å². The Morgan fingerprint density at radius 1 is 1.15 bits per heavy atom. The molecule has 0 aliphatic heterocycles. The SMILES string of the molecule is Cn1c(SCC(=O)Nc2cc(Cl)cc(Cl)c2)nnc1-c1ccc(F)cc1. The van der Waals surface area contributed by atoms with Crippen molar-refractivity contribution < 1.29 is 9.18 Å². The van der Waals surface area contributed by atoms with Crippen LogP contribution in [0.4, 0.5) is 10.1 Å². The number of thioether (sulfide) groups is 1. The molecule has 1 N–H and O–H groups in total. The van der Waals surface area contributed by atoms with E-state index in [-0.39, 0.29) is 17.5 Å². The van der Waals surface area contributed by atoms with Crippen molar-refractivity contribution in [1.82, 2.24) is 14.8 Å². The molecule has 5 nitrogen and oxygen atoms in total. The fourth-order valence-corrected chi connectivity index (χ4v) is 3.48. The second kappa shape index (κ2) is 8.07. The van der Waals surface area contributed by atoms with E-state index in [2.05, 4.69) is 15.5 Å². The molecule has 3 aromatic rings. The van der Waals surface area contributed by atoms with Crippen molar-refractivity contribution >= 4 is 46.6 Å². The van der Waals surface area contributed by atoms with Crippen LogP contribution in [0.3, 0.4) is 0 Å². The molecular formula is C17H13Cl2FN4OS. The summed E-state index contributed by atoms with van der Waals surface area (Å²) in [6.45, 7) is 0. The van der Waals surface area contributed by atoms with Gasteiger partial charge in [-0.1, -0.05) is 35.0 Å². The van der Waals surface area contributed by atoms with Crippen molar-refractivity contribution in [1.29, 1.82) is 0 Å². The predicted octanol–water partition coefficient (Wildman–Crippen LogP) is 4.66. The first-order valence-electron chi connectivity index (χ1n) is 7.46. The number of hydrogen-bond acceptors (Lipinski definition) is 4. The van der Waals surface area contributed by atoms with Crippen molar-refractivity contribution in [2.45, 2.75) is 5.16 Å². The first-order valence-corrected chi connectivity index (χ1v) is 9.20. The minimum atomic E-state index is -0.316. The normalized spacial score (nSPS) is 10.8. The van der Waals surface area contributed by atoms with Crippen LogP contribution in [0.25, 0.3) is 11.4 Å². The summed E-state index contributed by atoms with van der Waals surface area (Å²) in [5.74, 6) is 0.192. The number of benzene rings is 2. The number of aromatic nitrogens is 3. The molecule has 0 aliphatic rings. The maximum atomic E-state index is 13.0. The molecule has 134 valence electrons. The van der Waals surface area contributed by atoms with Crippen molar-refractivity contribution in [2.75, 3.05) is 11.1 Å². The molecule has 1 heterocycles. The molecule has 2 aromatic carbocycles. The molecule has 0 unspecified atom stereocenters. The maximum Gasteiger partial charge on any atom is 0.234 e. The molecule has 3 rings (SSSR count). The Morgan fingerprint density at radius 2 is 1.81 bits per heavy atom. The van der Waals surface area contributed by atoms with Gasteiger partial charge in [-0.25, -0.2) is 4.39 Å². The molecule has 0 spiro atoms. The first kappa shape index (κ1) is 18.7. The third-order valence-electron chi connectivity index (χ3n) is 3.42. The minimum absolute atomic E-state index is 0.138.